The van der Waals surface area contributed by atoms with Crippen LogP contribution in [0.15, 0.2) is 11.6 Å². The summed E-state index contributed by atoms with van der Waals surface area (Å²) in [7, 11) is 0. The van der Waals surface area contributed by atoms with Crippen molar-refractivity contribution in [3.8, 4) is 0 Å². The Morgan fingerprint density at radius 3 is 1.75 bits per heavy atom. The van der Waals surface area contributed by atoms with Crippen LogP contribution in [0.1, 0.15) is 165 Å². The second-order valence-electron chi connectivity index (χ2n) is 19.7. The first-order valence-electron chi connectivity index (χ1n) is 19.7. The summed E-state index contributed by atoms with van der Waals surface area (Å²) in [4.78, 5) is 0. The molecule has 0 bridgehead atoms. The van der Waals surface area contributed by atoms with E-state index < -0.39 is 0 Å². The van der Waals surface area contributed by atoms with Crippen LogP contribution in [-0.2, 0) is 0 Å². The maximum atomic E-state index is 2.71. The lowest BCUT2D eigenvalue weighted by molar-refractivity contribution is -0.115. The molecule has 8 aliphatic rings. The van der Waals surface area contributed by atoms with Crippen molar-refractivity contribution in [2.75, 3.05) is 0 Å². The summed E-state index contributed by atoms with van der Waals surface area (Å²) in [5.41, 5.74) is 4.51. The number of hydrogen-bond donors (Lipinski definition) is 0. The number of fused-ring (bicyclic) bond motifs is 10. The summed E-state index contributed by atoms with van der Waals surface area (Å²) < 4.78 is 0. The Labute approximate surface area is 298 Å². The summed E-state index contributed by atoms with van der Waals surface area (Å²) in [5, 5.41) is 0. The summed E-state index contributed by atoms with van der Waals surface area (Å²) >= 11 is 4.24. The zero-order valence-corrected chi connectivity index (χ0v) is 34.5. The topological polar surface area (TPSA) is 0 Å². The van der Waals surface area contributed by atoms with E-state index in [4.69, 9.17) is 0 Å². The van der Waals surface area contributed by atoms with E-state index in [0.29, 0.717) is 21.7 Å². The molecule has 0 amide bonds. The molecule has 0 saturated heterocycles. The van der Waals surface area contributed by atoms with Gasteiger partial charge < -0.3 is 0 Å². The SMILES string of the molecule is CC1CCC2(C)C(=CCC3C2CCC2(C)C(C)CCC32)C1.CC1CCC2(C)C(CCC3C4CCC(C)C4(C)CCC32)C1.II. The monoisotopic (exact) mass is 828 g/mol. The Hall–Kier alpha value is 1.20. The van der Waals surface area contributed by atoms with Crippen LogP contribution in [-0.4, -0.2) is 0 Å². The van der Waals surface area contributed by atoms with E-state index in [-0.39, 0.29) is 0 Å². The zero-order chi connectivity index (χ0) is 31.7. The van der Waals surface area contributed by atoms with E-state index in [1.54, 1.807) is 32.1 Å². The lowest BCUT2D eigenvalue weighted by Gasteiger charge is -2.61. The van der Waals surface area contributed by atoms with Gasteiger partial charge in [0.1, 0.15) is 0 Å². The predicted octanol–water partition coefficient (Wildman–Crippen LogP) is 14.3. The third-order valence-electron chi connectivity index (χ3n) is 18.2. The molecule has 0 aromatic heterocycles. The molecule has 15 atom stereocenters. The minimum atomic E-state index is 0.572. The van der Waals surface area contributed by atoms with Gasteiger partial charge in [0.05, 0.1) is 0 Å². The maximum absolute atomic E-state index is 2.71. The van der Waals surface area contributed by atoms with E-state index in [1.165, 1.54) is 77.0 Å². The highest BCUT2D eigenvalue weighted by Gasteiger charge is 2.60. The number of hydrogen-bond acceptors (Lipinski definition) is 0. The van der Waals surface area contributed by atoms with Gasteiger partial charge in [0.15, 0.2) is 0 Å². The molecule has 0 heterocycles. The normalized spacial score (nSPS) is 55.6. The van der Waals surface area contributed by atoms with Gasteiger partial charge in [-0.1, -0.05) is 73.5 Å². The molecule has 0 nitrogen and oxygen atoms in total. The standard InChI is InChI=1S/C21H36.C21H34.I2/c2*1-14-9-11-21(4)16(13-14)6-7-17-18-8-5-15(2)20(18,3)12-10-19(17)21;1-2/h14-19H,5-13H2,1-4H3;6,14-15,17-19H,5,7-13H2,1-4H3;. The van der Waals surface area contributed by atoms with Gasteiger partial charge in [-0.2, -0.15) is 0 Å². The van der Waals surface area contributed by atoms with Crippen molar-refractivity contribution in [3.05, 3.63) is 11.6 Å². The predicted molar refractivity (Wildman–Crippen MR) is 208 cm³/mol. The molecular weight excluding hydrogens is 758 g/mol. The van der Waals surface area contributed by atoms with Crippen molar-refractivity contribution in [2.24, 2.45) is 86.8 Å². The fraction of sp³-hybridized carbons (Fsp3) is 0.952. The third-order valence-corrected chi connectivity index (χ3v) is 18.2. The Kier molecular flexibility index (Phi) is 10.5. The lowest BCUT2D eigenvalue weighted by Crippen LogP contribution is -2.53. The molecule has 0 aromatic carbocycles. The Bertz CT molecular complexity index is 1050. The molecule has 252 valence electrons. The summed E-state index contributed by atoms with van der Waals surface area (Å²) in [6.45, 7) is 20.7. The van der Waals surface area contributed by atoms with Crippen molar-refractivity contribution in [1.82, 2.24) is 0 Å². The first-order valence-corrected chi connectivity index (χ1v) is 26.0. The second-order valence-corrected chi connectivity index (χ2v) is 19.7. The summed E-state index contributed by atoms with van der Waals surface area (Å²) in [6, 6.07) is 0. The van der Waals surface area contributed by atoms with Crippen LogP contribution in [0.2, 0.25) is 0 Å². The average molecular weight is 829 g/mol. The van der Waals surface area contributed by atoms with Crippen LogP contribution in [0.5, 0.6) is 0 Å². The van der Waals surface area contributed by atoms with Gasteiger partial charge in [0.25, 0.3) is 0 Å². The van der Waals surface area contributed by atoms with Gasteiger partial charge in [0.2, 0.25) is 0 Å². The van der Waals surface area contributed by atoms with E-state index in [9.17, 15) is 0 Å². The van der Waals surface area contributed by atoms with Gasteiger partial charge in [0, 0.05) is 37.2 Å². The van der Waals surface area contributed by atoms with E-state index in [1.807, 2.05) is 5.57 Å². The molecule has 0 spiro atoms. The molecule has 0 aromatic rings. The van der Waals surface area contributed by atoms with Gasteiger partial charge in [-0.15, -0.1) is 0 Å². The minimum absolute atomic E-state index is 0.572. The summed E-state index contributed by atoms with van der Waals surface area (Å²) in [6.07, 6.45) is 28.4. The molecule has 15 unspecified atom stereocenters. The van der Waals surface area contributed by atoms with E-state index in [0.717, 1.165) is 65.1 Å². The van der Waals surface area contributed by atoms with Crippen molar-refractivity contribution in [1.29, 1.82) is 0 Å². The van der Waals surface area contributed by atoms with Gasteiger partial charge in [-0.3, -0.25) is 0 Å². The molecule has 7 saturated carbocycles. The van der Waals surface area contributed by atoms with E-state index in [2.05, 4.69) is 98.7 Å². The molecule has 8 rings (SSSR count). The smallest absolute Gasteiger partial charge is 0 e. The number of allylic oxidation sites excluding steroid dienone is 2. The van der Waals surface area contributed by atoms with Crippen molar-refractivity contribution >= 4 is 37.2 Å². The third kappa shape index (κ3) is 5.60. The zero-order valence-electron chi connectivity index (χ0n) is 30.2. The quantitative estimate of drug-likeness (QED) is 0.169. The molecule has 7 fully saturated rings. The largest absolute Gasteiger partial charge is 0.0845 e. The van der Waals surface area contributed by atoms with Crippen molar-refractivity contribution in [3.63, 3.8) is 0 Å². The number of halogens is 2. The van der Waals surface area contributed by atoms with Crippen molar-refractivity contribution in [2.45, 2.75) is 165 Å². The molecule has 2 heteroatoms. The number of rotatable bonds is 0. The van der Waals surface area contributed by atoms with Crippen LogP contribution in [0.3, 0.4) is 0 Å². The maximum Gasteiger partial charge on any atom is 0 e. The fourth-order valence-electron chi connectivity index (χ4n) is 14.8. The molecular formula is C42H70I2. The highest BCUT2D eigenvalue weighted by molar-refractivity contribution is 15.0. The molecule has 0 N–H and O–H groups in total. The van der Waals surface area contributed by atoms with Crippen molar-refractivity contribution < 1.29 is 0 Å². The van der Waals surface area contributed by atoms with Crippen LogP contribution in [0.25, 0.3) is 0 Å². The minimum Gasteiger partial charge on any atom is -0.0845 e. The highest BCUT2D eigenvalue weighted by atomic mass is 128. The van der Waals surface area contributed by atoms with Gasteiger partial charge >= 0.3 is 0 Å². The lowest BCUT2D eigenvalue weighted by atomic mass is 9.44. The molecule has 0 radical (unpaired) electrons. The Morgan fingerprint density at radius 1 is 0.545 bits per heavy atom. The average Bonchev–Trinajstić information content (AvgIpc) is 3.49. The summed E-state index contributed by atoms with van der Waals surface area (Å²) in [5.74, 6) is 11.2. The van der Waals surface area contributed by atoms with Gasteiger partial charge in [-0.25, -0.2) is 0 Å². The molecule has 44 heavy (non-hydrogen) atoms. The highest BCUT2D eigenvalue weighted by Crippen LogP contribution is 2.68. The first-order chi connectivity index (χ1) is 20.9. The Balaban J connectivity index is 0.000000148. The Morgan fingerprint density at radius 2 is 1.09 bits per heavy atom. The van der Waals surface area contributed by atoms with Crippen LogP contribution in [0.4, 0.5) is 0 Å². The fourth-order valence-corrected chi connectivity index (χ4v) is 14.8. The molecule has 0 aliphatic heterocycles. The van der Waals surface area contributed by atoms with Crippen LogP contribution < -0.4 is 0 Å². The van der Waals surface area contributed by atoms with Crippen LogP contribution in [0, 0.1) is 86.8 Å². The van der Waals surface area contributed by atoms with Gasteiger partial charge in [-0.05, 0) is 189 Å². The second kappa shape index (κ2) is 13.2. The first kappa shape index (κ1) is 35.0. The van der Waals surface area contributed by atoms with E-state index >= 15 is 0 Å². The van der Waals surface area contributed by atoms with Crippen LogP contribution >= 0.6 is 37.2 Å². The molecule has 8 aliphatic carbocycles.